The predicted octanol–water partition coefficient (Wildman–Crippen LogP) is 4.95. The van der Waals surface area contributed by atoms with Crippen LogP contribution in [0, 0.1) is 0 Å². The highest BCUT2D eigenvalue weighted by atomic mass is 16.3. The first-order chi connectivity index (χ1) is 12.9. The van der Waals surface area contributed by atoms with Gasteiger partial charge in [-0.05, 0) is 35.9 Å². The number of furan rings is 1. The second-order valence-corrected chi connectivity index (χ2v) is 5.92. The molecule has 0 atom stereocenters. The number of nitrogens with zero attached hydrogens (tertiary/aromatic N) is 3. The minimum Gasteiger partial charge on any atom is -0.463 e. The molecule has 0 saturated heterocycles. The van der Waals surface area contributed by atoms with Gasteiger partial charge in [0.25, 0.3) is 0 Å². The molecule has 0 aliphatic carbocycles. The van der Waals surface area contributed by atoms with E-state index < -0.39 is 0 Å². The Hall–Kier alpha value is -3.73. The van der Waals surface area contributed by atoms with E-state index in [4.69, 9.17) is 14.4 Å². The Morgan fingerprint density at radius 3 is 2.38 bits per heavy atom. The molecular formula is C21H14N4O. The number of nitrogens with one attached hydrogen (secondary N) is 1. The minimum absolute atomic E-state index is 0.682. The van der Waals surface area contributed by atoms with E-state index in [1.54, 1.807) is 18.7 Å². The summed E-state index contributed by atoms with van der Waals surface area (Å²) in [5, 5.41) is 0. The number of rotatable bonds is 3. The normalized spacial score (nSPS) is 11.1. The molecule has 0 unspecified atom stereocenters. The van der Waals surface area contributed by atoms with Gasteiger partial charge in [-0.15, -0.1) is 0 Å². The summed E-state index contributed by atoms with van der Waals surface area (Å²) in [6.07, 6.45) is 5.14. The predicted molar refractivity (Wildman–Crippen MR) is 100 cm³/mol. The number of H-pyrrole nitrogens is 1. The second-order valence-electron chi connectivity index (χ2n) is 5.92. The molecule has 5 heteroatoms. The van der Waals surface area contributed by atoms with E-state index in [-0.39, 0.29) is 0 Å². The van der Waals surface area contributed by atoms with Gasteiger partial charge in [-0.25, -0.2) is 9.97 Å². The quantitative estimate of drug-likeness (QED) is 0.505. The lowest BCUT2D eigenvalue weighted by molar-refractivity contribution is 0.580. The molecule has 4 heterocycles. The van der Waals surface area contributed by atoms with Crippen LogP contribution in [0.25, 0.3) is 45.1 Å². The fourth-order valence-electron chi connectivity index (χ4n) is 3.01. The first-order valence-electron chi connectivity index (χ1n) is 8.29. The number of hydrogen-bond donors (Lipinski definition) is 1. The van der Waals surface area contributed by atoms with E-state index in [0.717, 1.165) is 33.7 Å². The van der Waals surface area contributed by atoms with Gasteiger partial charge in [-0.2, -0.15) is 0 Å². The number of aromatic nitrogens is 4. The second kappa shape index (κ2) is 5.97. The number of pyridine rings is 1. The van der Waals surface area contributed by atoms with Crippen LogP contribution in [-0.2, 0) is 0 Å². The fourth-order valence-corrected chi connectivity index (χ4v) is 3.01. The van der Waals surface area contributed by atoms with Gasteiger partial charge in [0.15, 0.2) is 11.4 Å². The summed E-state index contributed by atoms with van der Waals surface area (Å²) < 4.78 is 5.59. The molecule has 26 heavy (non-hydrogen) atoms. The molecule has 0 radical (unpaired) electrons. The lowest BCUT2D eigenvalue weighted by Gasteiger charge is -2.06. The molecular weight excluding hydrogens is 324 g/mol. The van der Waals surface area contributed by atoms with Gasteiger partial charge in [0.1, 0.15) is 16.9 Å². The van der Waals surface area contributed by atoms with Crippen molar-refractivity contribution in [1.29, 1.82) is 0 Å². The monoisotopic (exact) mass is 338 g/mol. The molecule has 5 aromatic rings. The van der Waals surface area contributed by atoms with E-state index in [2.05, 4.69) is 22.1 Å². The highest BCUT2D eigenvalue weighted by Crippen LogP contribution is 2.32. The third-order valence-corrected chi connectivity index (χ3v) is 4.25. The van der Waals surface area contributed by atoms with Gasteiger partial charge in [-0.3, -0.25) is 4.98 Å². The first-order valence-corrected chi connectivity index (χ1v) is 8.29. The molecule has 5 rings (SSSR count). The van der Waals surface area contributed by atoms with Crippen LogP contribution >= 0.6 is 0 Å². The standard InChI is InChI=1S/C21H14N4O/c1-2-5-14(6-3-1)16-13-17-21(24-16)25-20(18-7-4-12-26-18)19(23-17)15-8-10-22-11-9-15/h1-13H,(H,24,25). The van der Waals surface area contributed by atoms with Crippen molar-refractivity contribution >= 4 is 11.2 Å². The average molecular weight is 338 g/mol. The van der Waals surface area contributed by atoms with Crippen LogP contribution in [0.4, 0.5) is 0 Å². The zero-order valence-electron chi connectivity index (χ0n) is 13.8. The number of fused-ring (bicyclic) bond motifs is 1. The van der Waals surface area contributed by atoms with E-state index >= 15 is 0 Å². The van der Waals surface area contributed by atoms with Crippen LogP contribution in [-0.4, -0.2) is 19.9 Å². The van der Waals surface area contributed by atoms with Crippen LogP contribution < -0.4 is 0 Å². The SMILES string of the molecule is c1ccc(-c2cc3nc(-c4ccncc4)c(-c4ccco4)nc3[nH]2)cc1. The number of aromatic amines is 1. The lowest BCUT2D eigenvalue weighted by atomic mass is 10.1. The van der Waals surface area contributed by atoms with E-state index in [1.807, 2.05) is 48.5 Å². The fraction of sp³-hybridized carbons (Fsp3) is 0. The summed E-state index contributed by atoms with van der Waals surface area (Å²) in [5.74, 6) is 0.682. The van der Waals surface area contributed by atoms with Crippen LogP contribution in [0.5, 0.6) is 0 Å². The average Bonchev–Trinajstić information content (AvgIpc) is 3.38. The van der Waals surface area contributed by atoms with Gasteiger partial charge in [0.2, 0.25) is 0 Å². The Bertz CT molecular complexity index is 1160. The molecule has 4 aromatic heterocycles. The molecule has 0 bridgehead atoms. The summed E-state index contributed by atoms with van der Waals surface area (Å²) in [7, 11) is 0. The molecule has 5 nitrogen and oxygen atoms in total. The van der Waals surface area contributed by atoms with Crippen molar-refractivity contribution in [2.24, 2.45) is 0 Å². The van der Waals surface area contributed by atoms with Crippen LogP contribution in [0.15, 0.2) is 83.7 Å². The van der Waals surface area contributed by atoms with Crippen molar-refractivity contribution < 1.29 is 4.42 Å². The van der Waals surface area contributed by atoms with Crippen molar-refractivity contribution in [3.8, 4) is 34.0 Å². The Labute approximate surface area is 149 Å². The minimum atomic E-state index is 0.682. The van der Waals surface area contributed by atoms with Crippen molar-refractivity contribution in [1.82, 2.24) is 19.9 Å². The van der Waals surface area contributed by atoms with E-state index in [9.17, 15) is 0 Å². The van der Waals surface area contributed by atoms with Crippen LogP contribution in [0.1, 0.15) is 0 Å². The van der Waals surface area contributed by atoms with Gasteiger partial charge in [0.05, 0.1) is 6.26 Å². The molecule has 124 valence electrons. The number of hydrogen-bond acceptors (Lipinski definition) is 4. The van der Waals surface area contributed by atoms with Gasteiger partial charge >= 0.3 is 0 Å². The molecule has 1 N–H and O–H groups in total. The Balaban J connectivity index is 1.75. The van der Waals surface area contributed by atoms with Crippen LogP contribution in [0.3, 0.4) is 0 Å². The highest BCUT2D eigenvalue weighted by Gasteiger charge is 2.16. The third-order valence-electron chi connectivity index (χ3n) is 4.25. The summed E-state index contributed by atoms with van der Waals surface area (Å²) in [5.41, 5.74) is 6.04. The summed E-state index contributed by atoms with van der Waals surface area (Å²) in [6.45, 7) is 0. The van der Waals surface area contributed by atoms with E-state index in [1.165, 1.54) is 0 Å². The maximum Gasteiger partial charge on any atom is 0.157 e. The van der Waals surface area contributed by atoms with Crippen molar-refractivity contribution in [3.05, 3.63) is 79.3 Å². The van der Waals surface area contributed by atoms with Crippen molar-refractivity contribution in [2.75, 3.05) is 0 Å². The molecule has 0 amide bonds. The maximum absolute atomic E-state index is 5.59. The maximum atomic E-state index is 5.59. The largest absolute Gasteiger partial charge is 0.463 e. The Morgan fingerprint density at radius 2 is 1.62 bits per heavy atom. The Kier molecular flexibility index (Phi) is 3.35. The molecule has 0 aliphatic rings. The molecule has 0 saturated carbocycles. The van der Waals surface area contributed by atoms with Crippen molar-refractivity contribution in [3.63, 3.8) is 0 Å². The summed E-state index contributed by atoms with van der Waals surface area (Å²) in [4.78, 5) is 17.1. The highest BCUT2D eigenvalue weighted by molar-refractivity contribution is 5.86. The van der Waals surface area contributed by atoms with E-state index in [0.29, 0.717) is 11.5 Å². The van der Waals surface area contributed by atoms with Crippen LogP contribution in [0.2, 0.25) is 0 Å². The molecule has 1 aromatic carbocycles. The molecule has 0 spiro atoms. The molecule has 0 fully saturated rings. The van der Waals surface area contributed by atoms with Gasteiger partial charge in [-0.1, -0.05) is 30.3 Å². The third kappa shape index (κ3) is 2.46. The lowest BCUT2D eigenvalue weighted by Crippen LogP contribution is -1.93. The topological polar surface area (TPSA) is 67.6 Å². The summed E-state index contributed by atoms with van der Waals surface area (Å²) >= 11 is 0. The van der Waals surface area contributed by atoms with Gasteiger partial charge < -0.3 is 9.40 Å². The van der Waals surface area contributed by atoms with Gasteiger partial charge in [0, 0.05) is 23.7 Å². The van der Waals surface area contributed by atoms with Crippen molar-refractivity contribution in [2.45, 2.75) is 0 Å². The zero-order valence-corrected chi connectivity index (χ0v) is 13.8. The zero-order chi connectivity index (χ0) is 17.3. The number of benzene rings is 1. The molecule has 0 aliphatic heterocycles. The summed E-state index contributed by atoms with van der Waals surface area (Å²) in [6, 6.07) is 19.7. The first kappa shape index (κ1) is 14.6. The smallest absolute Gasteiger partial charge is 0.157 e. The Morgan fingerprint density at radius 1 is 0.769 bits per heavy atom.